The molecule has 0 spiro atoms. The van der Waals surface area contributed by atoms with E-state index < -0.39 is 0 Å². The Morgan fingerprint density at radius 1 is 1.41 bits per heavy atom. The van der Waals surface area contributed by atoms with Gasteiger partial charge in [-0.2, -0.15) is 0 Å². The highest BCUT2D eigenvalue weighted by Crippen LogP contribution is 2.30. The van der Waals surface area contributed by atoms with E-state index in [0.717, 1.165) is 5.69 Å². The van der Waals surface area contributed by atoms with E-state index >= 15 is 0 Å². The van der Waals surface area contributed by atoms with E-state index in [9.17, 15) is 0 Å². The normalized spacial score (nSPS) is 12.4. The minimum absolute atomic E-state index is 0.0479. The van der Waals surface area contributed by atoms with Crippen LogP contribution in [0.5, 0.6) is 5.88 Å². The van der Waals surface area contributed by atoms with Gasteiger partial charge in [0.15, 0.2) is 0 Å². The molecule has 17 heavy (non-hydrogen) atoms. The number of nitrogens with zero attached hydrogens (tertiary/aromatic N) is 2. The lowest BCUT2D eigenvalue weighted by Gasteiger charge is -2.07. The number of methoxy groups -OCH3 is 1. The van der Waals surface area contributed by atoms with E-state index in [2.05, 4.69) is 29.0 Å². The molecule has 90 valence electrons. The Morgan fingerprint density at radius 2 is 2.24 bits per heavy atom. The Balaban J connectivity index is 2.09. The summed E-state index contributed by atoms with van der Waals surface area (Å²) in [5.41, 5.74) is 0.892. The third-order valence-electron chi connectivity index (χ3n) is 2.37. The molecule has 1 atom stereocenters. The van der Waals surface area contributed by atoms with Gasteiger partial charge in [-0.15, -0.1) is 22.9 Å². The number of halogens is 1. The number of thiophene rings is 1. The minimum Gasteiger partial charge on any atom is -0.481 e. The molecule has 0 aliphatic carbocycles. The molecule has 0 amide bonds. The second-order valence-electron chi connectivity index (χ2n) is 3.67. The number of alkyl halides is 1. The van der Waals surface area contributed by atoms with Crippen LogP contribution < -0.4 is 4.74 Å². The lowest BCUT2D eigenvalue weighted by atomic mass is 10.2. The van der Waals surface area contributed by atoms with Gasteiger partial charge < -0.3 is 4.74 Å². The number of aromatic nitrogens is 2. The molecule has 2 aromatic rings. The van der Waals surface area contributed by atoms with Crippen LogP contribution in [-0.4, -0.2) is 17.1 Å². The van der Waals surface area contributed by atoms with Gasteiger partial charge in [0.2, 0.25) is 5.88 Å². The highest BCUT2D eigenvalue weighted by atomic mass is 35.5. The van der Waals surface area contributed by atoms with Crippen LogP contribution in [0.1, 0.15) is 20.8 Å². The summed E-state index contributed by atoms with van der Waals surface area (Å²) in [5.74, 6) is 0.571. The van der Waals surface area contributed by atoms with Gasteiger partial charge in [-0.05, 0) is 19.1 Å². The van der Waals surface area contributed by atoms with Crippen molar-refractivity contribution >= 4 is 22.9 Å². The zero-order chi connectivity index (χ0) is 12.3. The Kier molecular flexibility index (Phi) is 3.97. The molecule has 3 nitrogen and oxygen atoms in total. The highest BCUT2D eigenvalue weighted by Gasteiger charge is 2.12. The number of ether oxygens (including phenoxy) is 1. The molecule has 2 rings (SSSR count). The van der Waals surface area contributed by atoms with Crippen LogP contribution in [0.2, 0.25) is 0 Å². The van der Waals surface area contributed by atoms with E-state index in [1.165, 1.54) is 16.1 Å². The van der Waals surface area contributed by atoms with E-state index in [0.29, 0.717) is 12.3 Å². The summed E-state index contributed by atoms with van der Waals surface area (Å²) in [6.07, 6.45) is 2.18. The van der Waals surface area contributed by atoms with Crippen molar-refractivity contribution in [3.8, 4) is 5.88 Å². The van der Waals surface area contributed by atoms with Gasteiger partial charge in [0.25, 0.3) is 0 Å². The van der Waals surface area contributed by atoms with Gasteiger partial charge in [0.1, 0.15) is 6.33 Å². The lowest BCUT2D eigenvalue weighted by molar-refractivity contribution is 0.396. The fourth-order valence-electron chi connectivity index (χ4n) is 1.51. The molecule has 1 unspecified atom stereocenters. The Bertz CT molecular complexity index is 501. The SMILES string of the molecule is COc1cc(CC(Cl)c2ccc(C)s2)ncn1. The Morgan fingerprint density at radius 3 is 2.88 bits per heavy atom. The number of aryl methyl sites for hydroxylation is 1. The van der Waals surface area contributed by atoms with E-state index in [4.69, 9.17) is 16.3 Å². The summed E-state index contributed by atoms with van der Waals surface area (Å²) in [7, 11) is 1.59. The molecule has 0 N–H and O–H groups in total. The smallest absolute Gasteiger partial charge is 0.216 e. The summed E-state index contributed by atoms with van der Waals surface area (Å²) in [5, 5.41) is -0.0479. The molecule has 0 radical (unpaired) electrons. The van der Waals surface area contributed by atoms with Crippen molar-refractivity contribution < 1.29 is 4.74 Å². The minimum atomic E-state index is -0.0479. The first-order valence-corrected chi connectivity index (χ1v) is 6.49. The topological polar surface area (TPSA) is 35.0 Å². The van der Waals surface area contributed by atoms with Crippen molar-refractivity contribution in [1.82, 2.24) is 9.97 Å². The summed E-state index contributed by atoms with van der Waals surface area (Å²) >= 11 is 8.08. The van der Waals surface area contributed by atoms with E-state index in [1.54, 1.807) is 18.4 Å². The third-order valence-corrected chi connectivity index (χ3v) is 4.00. The van der Waals surface area contributed by atoms with Crippen LogP contribution in [0, 0.1) is 6.92 Å². The largest absolute Gasteiger partial charge is 0.481 e. The highest BCUT2D eigenvalue weighted by molar-refractivity contribution is 7.12. The van der Waals surface area contributed by atoms with Crippen LogP contribution in [0.25, 0.3) is 0 Å². The molecule has 0 bridgehead atoms. The van der Waals surface area contributed by atoms with Gasteiger partial charge in [-0.1, -0.05) is 0 Å². The van der Waals surface area contributed by atoms with Crippen molar-refractivity contribution in [2.45, 2.75) is 18.7 Å². The number of rotatable bonds is 4. The first-order chi connectivity index (χ1) is 8.19. The average Bonchev–Trinajstić information content (AvgIpc) is 2.76. The lowest BCUT2D eigenvalue weighted by Crippen LogP contribution is -1.98. The monoisotopic (exact) mass is 268 g/mol. The molecule has 0 saturated carbocycles. The van der Waals surface area contributed by atoms with Crippen LogP contribution in [-0.2, 0) is 6.42 Å². The Hall–Kier alpha value is -1.13. The maximum atomic E-state index is 6.36. The predicted molar refractivity (Wildman–Crippen MR) is 69.9 cm³/mol. The molecular weight excluding hydrogens is 256 g/mol. The summed E-state index contributed by atoms with van der Waals surface area (Å²) in [6, 6.07) is 5.96. The molecule has 2 heterocycles. The molecule has 0 aliphatic rings. The van der Waals surface area contributed by atoms with Crippen molar-refractivity contribution in [3.63, 3.8) is 0 Å². The maximum Gasteiger partial charge on any atom is 0.216 e. The number of hydrogen-bond acceptors (Lipinski definition) is 4. The Labute approximate surface area is 109 Å². The third kappa shape index (κ3) is 3.17. The van der Waals surface area contributed by atoms with Gasteiger partial charge in [0, 0.05) is 27.9 Å². The van der Waals surface area contributed by atoms with Crippen molar-refractivity contribution in [1.29, 1.82) is 0 Å². The van der Waals surface area contributed by atoms with Crippen LogP contribution >= 0.6 is 22.9 Å². The summed E-state index contributed by atoms with van der Waals surface area (Å²) < 4.78 is 5.05. The molecule has 5 heteroatoms. The second-order valence-corrected chi connectivity index (χ2v) is 5.52. The first kappa shape index (κ1) is 12.3. The van der Waals surface area contributed by atoms with Gasteiger partial charge in [-0.25, -0.2) is 9.97 Å². The zero-order valence-corrected chi connectivity index (χ0v) is 11.3. The standard InChI is InChI=1S/C12H13ClN2OS/c1-8-3-4-11(17-8)10(13)5-9-6-12(16-2)15-7-14-9/h3-4,6-7,10H,5H2,1-2H3. The summed E-state index contributed by atoms with van der Waals surface area (Å²) in [6.45, 7) is 2.07. The summed E-state index contributed by atoms with van der Waals surface area (Å²) in [4.78, 5) is 10.6. The zero-order valence-electron chi connectivity index (χ0n) is 9.68. The quantitative estimate of drug-likeness (QED) is 0.798. The van der Waals surface area contributed by atoms with Crippen LogP contribution in [0.4, 0.5) is 0 Å². The van der Waals surface area contributed by atoms with Gasteiger partial charge in [-0.3, -0.25) is 0 Å². The maximum absolute atomic E-state index is 6.36. The molecule has 0 fully saturated rings. The predicted octanol–water partition coefficient (Wildman–Crippen LogP) is 3.38. The van der Waals surface area contributed by atoms with E-state index in [1.807, 2.05) is 6.07 Å². The first-order valence-electron chi connectivity index (χ1n) is 5.24. The van der Waals surface area contributed by atoms with Crippen molar-refractivity contribution in [2.24, 2.45) is 0 Å². The molecule has 0 aromatic carbocycles. The van der Waals surface area contributed by atoms with E-state index in [-0.39, 0.29) is 5.38 Å². The molecular formula is C12H13ClN2OS. The van der Waals surface area contributed by atoms with Crippen LogP contribution in [0.15, 0.2) is 24.5 Å². The van der Waals surface area contributed by atoms with Gasteiger partial charge in [0.05, 0.1) is 12.5 Å². The molecule has 0 aliphatic heterocycles. The van der Waals surface area contributed by atoms with Crippen molar-refractivity contribution in [2.75, 3.05) is 7.11 Å². The second kappa shape index (κ2) is 5.47. The van der Waals surface area contributed by atoms with Crippen LogP contribution in [0.3, 0.4) is 0 Å². The number of hydrogen-bond donors (Lipinski definition) is 0. The van der Waals surface area contributed by atoms with Gasteiger partial charge >= 0.3 is 0 Å². The fourth-order valence-corrected chi connectivity index (χ4v) is 2.73. The molecule has 2 aromatic heterocycles. The average molecular weight is 269 g/mol. The van der Waals surface area contributed by atoms with Crippen molar-refractivity contribution in [3.05, 3.63) is 40.0 Å². The molecule has 0 saturated heterocycles. The fraction of sp³-hybridized carbons (Fsp3) is 0.333.